The monoisotopic (exact) mass is 507 g/mol. The van der Waals surface area contributed by atoms with E-state index in [9.17, 15) is 4.79 Å². The number of hydrogen-bond acceptors (Lipinski definition) is 2. The van der Waals surface area contributed by atoms with Crippen LogP contribution in [0.15, 0.2) is 0 Å². The van der Waals surface area contributed by atoms with Gasteiger partial charge in [-0.2, -0.15) is 0 Å². The van der Waals surface area contributed by atoms with Crippen LogP contribution in [0.3, 0.4) is 0 Å². The molecule has 1 fully saturated rings. The first-order valence-corrected chi connectivity index (χ1v) is 16.5. The van der Waals surface area contributed by atoms with Crippen LogP contribution in [0.2, 0.25) is 0 Å². The largest absolute Gasteiger partial charge is 0.353 e. The van der Waals surface area contributed by atoms with E-state index in [1.165, 1.54) is 148 Å². The van der Waals surface area contributed by atoms with E-state index in [4.69, 9.17) is 0 Å². The van der Waals surface area contributed by atoms with Crippen molar-refractivity contribution in [3.8, 4) is 0 Å². The van der Waals surface area contributed by atoms with Crippen LogP contribution in [0.5, 0.6) is 0 Å². The summed E-state index contributed by atoms with van der Waals surface area (Å²) in [5, 5.41) is 3.38. The topological polar surface area (TPSA) is 32.3 Å². The highest BCUT2D eigenvalue weighted by Crippen LogP contribution is 2.45. The predicted molar refractivity (Wildman–Crippen MR) is 160 cm³/mol. The fourth-order valence-electron chi connectivity index (χ4n) is 5.79. The molecule has 0 spiro atoms. The summed E-state index contributed by atoms with van der Waals surface area (Å²) in [5.41, 5.74) is 0. The van der Waals surface area contributed by atoms with Crippen molar-refractivity contribution in [2.75, 3.05) is 20.6 Å². The van der Waals surface area contributed by atoms with Gasteiger partial charge in [-0.1, -0.05) is 142 Å². The van der Waals surface area contributed by atoms with Gasteiger partial charge >= 0.3 is 0 Å². The third-order valence-corrected chi connectivity index (χ3v) is 8.43. The molecular formula is C33H66N2O. The number of amides is 1. The molecule has 3 heteroatoms. The molecule has 1 amide bonds. The van der Waals surface area contributed by atoms with E-state index in [0.717, 1.165) is 18.4 Å². The standard InChI is InChI=1S/C33H66N2O/c1-5-7-9-11-13-17-21-25-32(34-33(36)27-28-35(3)4)26-22-18-14-16-20-24-31-29-30(31)23-19-15-12-10-8-6-2/h30-32H,5-29H2,1-4H3,(H,34,36)/t30-,31+,32-/m1/s1. The zero-order valence-electron chi connectivity index (χ0n) is 25.3. The van der Waals surface area contributed by atoms with Crippen LogP contribution in [0.1, 0.15) is 168 Å². The van der Waals surface area contributed by atoms with Gasteiger partial charge in [0.2, 0.25) is 5.91 Å². The lowest BCUT2D eigenvalue weighted by molar-refractivity contribution is -0.122. The number of hydrogen-bond donors (Lipinski definition) is 1. The Morgan fingerprint density at radius 3 is 1.53 bits per heavy atom. The normalized spacial score (nSPS) is 18.0. The van der Waals surface area contributed by atoms with Crippen molar-refractivity contribution in [1.29, 1.82) is 0 Å². The van der Waals surface area contributed by atoms with Gasteiger partial charge in [0.25, 0.3) is 0 Å². The Kier molecular flexibility index (Phi) is 21.9. The van der Waals surface area contributed by atoms with Gasteiger partial charge in [0.1, 0.15) is 0 Å². The van der Waals surface area contributed by atoms with Gasteiger partial charge in [-0.25, -0.2) is 0 Å². The molecule has 0 aliphatic heterocycles. The van der Waals surface area contributed by atoms with Crippen LogP contribution in [-0.2, 0) is 4.79 Å². The van der Waals surface area contributed by atoms with Crippen molar-refractivity contribution in [2.24, 2.45) is 11.8 Å². The average Bonchev–Trinajstić information content (AvgIpc) is 3.61. The summed E-state index contributed by atoms with van der Waals surface area (Å²) >= 11 is 0. The van der Waals surface area contributed by atoms with Crippen molar-refractivity contribution in [1.82, 2.24) is 10.2 Å². The quantitative estimate of drug-likeness (QED) is 0.112. The first kappa shape index (κ1) is 33.5. The lowest BCUT2D eigenvalue weighted by Crippen LogP contribution is -2.36. The van der Waals surface area contributed by atoms with Crippen molar-refractivity contribution >= 4 is 5.91 Å². The lowest BCUT2D eigenvalue weighted by atomic mass is 9.99. The maximum atomic E-state index is 12.4. The molecule has 0 aromatic rings. The minimum absolute atomic E-state index is 0.247. The molecular weight excluding hydrogens is 440 g/mol. The molecule has 0 heterocycles. The van der Waals surface area contributed by atoms with Crippen LogP contribution in [0.4, 0.5) is 0 Å². The Bertz CT molecular complexity index is 492. The Morgan fingerprint density at radius 2 is 1.08 bits per heavy atom. The van der Waals surface area contributed by atoms with E-state index in [1.807, 2.05) is 14.1 Å². The minimum Gasteiger partial charge on any atom is -0.353 e. The Balaban J connectivity index is 2.07. The summed E-state index contributed by atoms with van der Waals surface area (Å²) in [6.45, 7) is 5.43. The fourth-order valence-corrected chi connectivity index (χ4v) is 5.79. The van der Waals surface area contributed by atoms with Gasteiger partial charge in [0.05, 0.1) is 0 Å². The van der Waals surface area contributed by atoms with Crippen LogP contribution in [0, 0.1) is 11.8 Å². The second-order valence-electron chi connectivity index (χ2n) is 12.4. The van der Waals surface area contributed by atoms with Gasteiger partial charge in [0.15, 0.2) is 0 Å². The van der Waals surface area contributed by atoms with Gasteiger partial charge in [-0.15, -0.1) is 0 Å². The molecule has 1 N–H and O–H groups in total. The van der Waals surface area contributed by atoms with Crippen molar-refractivity contribution in [3.63, 3.8) is 0 Å². The van der Waals surface area contributed by atoms with Crippen LogP contribution in [0.25, 0.3) is 0 Å². The smallest absolute Gasteiger partial charge is 0.221 e. The van der Waals surface area contributed by atoms with E-state index < -0.39 is 0 Å². The summed E-state index contributed by atoms with van der Waals surface area (Å²) in [7, 11) is 4.09. The Labute approximate surface area is 227 Å². The zero-order valence-corrected chi connectivity index (χ0v) is 25.3. The molecule has 0 bridgehead atoms. The average molecular weight is 507 g/mol. The molecule has 1 rings (SSSR count). The summed E-state index contributed by atoms with van der Waals surface area (Å²) in [5.74, 6) is 2.40. The Hall–Kier alpha value is -0.570. The third kappa shape index (κ3) is 20.5. The number of carbonyl (C=O) groups is 1. The highest BCUT2D eigenvalue weighted by atomic mass is 16.1. The summed E-state index contributed by atoms with van der Waals surface area (Å²) in [6.07, 6.45) is 32.5. The highest BCUT2D eigenvalue weighted by Gasteiger charge is 2.34. The first-order valence-electron chi connectivity index (χ1n) is 16.5. The van der Waals surface area contributed by atoms with E-state index in [1.54, 1.807) is 0 Å². The van der Waals surface area contributed by atoms with Crippen molar-refractivity contribution < 1.29 is 4.79 Å². The van der Waals surface area contributed by atoms with Crippen LogP contribution in [-0.4, -0.2) is 37.5 Å². The predicted octanol–water partition coefficient (Wildman–Crippen LogP) is 9.68. The molecule has 0 aromatic heterocycles. The maximum absolute atomic E-state index is 12.4. The van der Waals surface area contributed by atoms with Crippen molar-refractivity contribution in [2.45, 2.75) is 174 Å². The molecule has 0 aromatic carbocycles. The minimum atomic E-state index is 0.247. The molecule has 36 heavy (non-hydrogen) atoms. The lowest BCUT2D eigenvalue weighted by Gasteiger charge is -2.20. The zero-order chi connectivity index (χ0) is 26.3. The van der Waals surface area contributed by atoms with Gasteiger partial charge in [-0.05, 0) is 45.2 Å². The highest BCUT2D eigenvalue weighted by molar-refractivity contribution is 5.76. The molecule has 1 saturated carbocycles. The third-order valence-electron chi connectivity index (χ3n) is 8.43. The van der Waals surface area contributed by atoms with Crippen LogP contribution >= 0.6 is 0 Å². The number of unbranched alkanes of at least 4 members (excludes halogenated alkanes) is 15. The molecule has 0 saturated heterocycles. The van der Waals surface area contributed by atoms with E-state index in [-0.39, 0.29) is 5.91 Å². The van der Waals surface area contributed by atoms with Gasteiger partial charge in [0, 0.05) is 19.0 Å². The molecule has 0 radical (unpaired) electrons. The molecule has 0 unspecified atom stereocenters. The molecule has 3 nitrogen and oxygen atoms in total. The van der Waals surface area contributed by atoms with Gasteiger partial charge in [-0.3, -0.25) is 4.79 Å². The van der Waals surface area contributed by atoms with E-state index in [0.29, 0.717) is 12.5 Å². The van der Waals surface area contributed by atoms with E-state index in [2.05, 4.69) is 24.1 Å². The first-order chi connectivity index (χ1) is 17.6. The summed E-state index contributed by atoms with van der Waals surface area (Å²) < 4.78 is 0. The fraction of sp³-hybridized carbons (Fsp3) is 0.970. The van der Waals surface area contributed by atoms with Crippen LogP contribution < -0.4 is 5.32 Å². The van der Waals surface area contributed by atoms with E-state index >= 15 is 0 Å². The molecule has 214 valence electrons. The molecule has 1 aliphatic carbocycles. The van der Waals surface area contributed by atoms with Crippen molar-refractivity contribution in [3.05, 3.63) is 0 Å². The number of rotatable bonds is 27. The summed E-state index contributed by atoms with van der Waals surface area (Å²) in [6, 6.07) is 0.393. The second-order valence-corrected chi connectivity index (χ2v) is 12.4. The summed E-state index contributed by atoms with van der Waals surface area (Å²) in [4.78, 5) is 14.5. The number of nitrogens with zero attached hydrogens (tertiary/aromatic N) is 1. The number of nitrogens with one attached hydrogen (secondary N) is 1. The second kappa shape index (κ2) is 23.5. The maximum Gasteiger partial charge on any atom is 0.221 e. The Morgan fingerprint density at radius 1 is 0.667 bits per heavy atom. The molecule has 1 aliphatic rings. The van der Waals surface area contributed by atoms with Gasteiger partial charge < -0.3 is 10.2 Å². The molecule has 3 atom stereocenters. The number of carbonyl (C=O) groups excluding carboxylic acids is 1. The SMILES string of the molecule is CCCCCCCCC[C@H](CCCCCCC[C@H]1C[C@H]1CCCCCCCC)NC(=O)CCN(C)C.